The van der Waals surface area contributed by atoms with Crippen molar-refractivity contribution < 1.29 is 4.79 Å². The number of piperazine rings is 1. The van der Waals surface area contributed by atoms with E-state index in [1.165, 1.54) is 0 Å². The number of aryl methyl sites for hydroxylation is 1. The van der Waals surface area contributed by atoms with Crippen LogP contribution in [0.2, 0.25) is 5.02 Å². The number of hydrogen-bond acceptors (Lipinski definition) is 8. The Morgan fingerprint density at radius 2 is 1.72 bits per heavy atom. The number of nitrogens with zero attached hydrogens (tertiary/aromatic N) is 6. The number of fused-ring (bicyclic) bond motifs is 1. The molecule has 2 aromatic carbocycles. The molecule has 2 aromatic heterocycles. The molecule has 0 bridgehead atoms. The molecule has 2 fully saturated rings. The van der Waals surface area contributed by atoms with Gasteiger partial charge in [0.15, 0.2) is 5.82 Å². The highest BCUT2D eigenvalue weighted by Gasteiger charge is 2.25. The first kappa shape index (κ1) is 25.3. The van der Waals surface area contributed by atoms with Gasteiger partial charge in [-0.05, 0) is 38.6 Å². The van der Waals surface area contributed by atoms with Crippen molar-refractivity contribution in [3.63, 3.8) is 0 Å². The van der Waals surface area contributed by atoms with Gasteiger partial charge in [-0.1, -0.05) is 35.9 Å². The predicted octanol–water partition coefficient (Wildman–Crippen LogP) is 5.35. The van der Waals surface area contributed by atoms with E-state index in [2.05, 4.69) is 49.6 Å². The summed E-state index contributed by atoms with van der Waals surface area (Å²) in [7, 11) is 2.15. The minimum Gasteiger partial charge on any atom is -0.367 e. The molecule has 0 unspecified atom stereocenters. The Hall–Kier alpha value is -3.95. The summed E-state index contributed by atoms with van der Waals surface area (Å²) < 4.78 is 0. The molecule has 10 heteroatoms. The maximum atomic E-state index is 12.4. The smallest absolute Gasteiger partial charge is 0.229 e. The molecule has 2 aliphatic rings. The third-order valence-corrected chi connectivity index (χ3v) is 7.66. The summed E-state index contributed by atoms with van der Waals surface area (Å²) in [6.45, 7) is 6.48. The highest BCUT2D eigenvalue weighted by Crippen LogP contribution is 2.40. The lowest BCUT2D eigenvalue weighted by Crippen LogP contribution is -2.44. The molecule has 2 aliphatic heterocycles. The quantitative estimate of drug-likeness (QED) is 0.337. The largest absolute Gasteiger partial charge is 0.367 e. The number of carbonyl (C=O) groups excluding carboxylic acids is 1. The molecule has 9 nitrogen and oxygen atoms in total. The van der Waals surface area contributed by atoms with Gasteiger partial charge in [0.05, 0.1) is 22.1 Å². The molecule has 0 aliphatic carbocycles. The van der Waals surface area contributed by atoms with Crippen LogP contribution in [0.25, 0.3) is 10.8 Å². The van der Waals surface area contributed by atoms with Crippen molar-refractivity contribution in [2.75, 3.05) is 60.2 Å². The Bertz CT molecular complexity index is 1540. The maximum absolute atomic E-state index is 12.4. The van der Waals surface area contributed by atoms with E-state index < -0.39 is 0 Å². The van der Waals surface area contributed by atoms with E-state index in [0.29, 0.717) is 35.6 Å². The molecule has 39 heavy (non-hydrogen) atoms. The van der Waals surface area contributed by atoms with Gasteiger partial charge < -0.3 is 20.4 Å². The fourth-order valence-corrected chi connectivity index (χ4v) is 5.57. The molecule has 2 N–H and O–H groups in total. The SMILES string of the molecule is Cc1cnc(Nc2cc(Cl)c(N3CCN(C)CC3)c3ccccc23)nc1Nc1cccnc1N1CCCC1=O. The molecule has 200 valence electrons. The van der Waals surface area contributed by atoms with Crippen LogP contribution in [0.3, 0.4) is 0 Å². The Kier molecular flexibility index (Phi) is 6.93. The highest BCUT2D eigenvalue weighted by molar-refractivity contribution is 6.36. The summed E-state index contributed by atoms with van der Waals surface area (Å²) in [6, 6.07) is 14.0. The normalized spacial score (nSPS) is 16.2. The van der Waals surface area contributed by atoms with Crippen molar-refractivity contribution in [1.82, 2.24) is 19.9 Å². The number of nitrogens with one attached hydrogen (secondary N) is 2. The first-order chi connectivity index (χ1) is 19.0. The molecule has 4 heterocycles. The van der Waals surface area contributed by atoms with Crippen molar-refractivity contribution >= 4 is 62.9 Å². The standard InChI is InChI=1S/C29H31ClN8O/c1-19-18-32-29(35-27(19)33-23-9-5-11-31-28(23)38-12-6-10-25(38)39)34-24-17-22(30)26(21-8-4-3-7-20(21)24)37-15-13-36(2)14-16-37/h3-5,7-9,11,17-18H,6,10,12-16H2,1-2H3,(H2,32,33,34,35). The Labute approximate surface area is 232 Å². The number of rotatable bonds is 6. The van der Waals surface area contributed by atoms with Crippen LogP contribution in [0.4, 0.5) is 34.6 Å². The Morgan fingerprint density at radius 3 is 2.49 bits per heavy atom. The van der Waals surface area contributed by atoms with Crippen molar-refractivity contribution in [2.45, 2.75) is 19.8 Å². The lowest BCUT2D eigenvalue weighted by molar-refractivity contribution is -0.117. The van der Waals surface area contributed by atoms with Crippen molar-refractivity contribution in [1.29, 1.82) is 0 Å². The van der Waals surface area contributed by atoms with Gasteiger partial charge in [-0.15, -0.1) is 0 Å². The molecule has 0 spiro atoms. The summed E-state index contributed by atoms with van der Waals surface area (Å²) >= 11 is 6.91. The first-order valence-corrected chi connectivity index (χ1v) is 13.6. The topological polar surface area (TPSA) is 89.5 Å². The van der Waals surface area contributed by atoms with Crippen molar-refractivity contribution in [3.05, 3.63) is 65.4 Å². The molecule has 0 saturated carbocycles. The maximum Gasteiger partial charge on any atom is 0.229 e. The van der Waals surface area contributed by atoms with Crippen LogP contribution in [-0.2, 0) is 4.79 Å². The van der Waals surface area contributed by atoms with Crippen LogP contribution in [0.15, 0.2) is 54.9 Å². The Morgan fingerprint density at radius 1 is 0.923 bits per heavy atom. The molecule has 4 aromatic rings. The average Bonchev–Trinajstić information content (AvgIpc) is 3.37. The average molecular weight is 543 g/mol. The number of carbonyl (C=O) groups is 1. The summed E-state index contributed by atoms with van der Waals surface area (Å²) in [5.41, 5.74) is 3.51. The first-order valence-electron chi connectivity index (χ1n) is 13.3. The van der Waals surface area contributed by atoms with E-state index in [4.69, 9.17) is 16.6 Å². The van der Waals surface area contributed by atoms with E-state index in [1.54, 1.807) is 17.3 Å². The van der Waals surface area contributed by atoms with E-state index >= 15 is 0 Å². The number of halogens is 1. The number of anilines is 6. The van der Waals surface area contributed by atoms with E-state index in [9.17, 15) is 4.79 Å². The summed E-state index contributed by atoms with van der Waals surface area (Å²) in [4.78, 5) is 32.6. The molecule has 6 rings (SSSR count). The monoisotopic (exact) mass is 542 g/mol. The van der Waals surface area contributed by atoms with E-state index in [-0.39, 0.29) is 5.91 Å². The lowest BCUT2D eigenvalue weighted by atomic mass is 10.0. The number of amides is 1. The van der Waals surface area contributed by atoms with Gasteiger partial charge in [0.25, 0.3) is 0 Å². The van der Waals surface area contributed by atoms with Gasteiger partial charge in [0, 0.05) is 67.9 Å². The second-order valence-electron chi connectivity index (χ2n) is 10.1. The van der Waals surface area contributed by atoms with E-state index in [1.807, 2.05) is 37.3 Å². The predicted molar refractivity (Wildman–Crippen MR) is 158 cm³/mol. The second-order valence-corrected chi connectivity index (χ2v) is 10.5. The molecule has 2 saturated heterocycles. The molecule has 0 atom stereocenters. The lowest BCUT2D eigenvalue weighted by Gasteiger charge is -2.35. The van der Waals surface area contributed by atoms with Crippen LogP contribution in [0, 0.1) is 6.92 Å². The van der Waals surface area contributed by atoms with Crippen LogP contribution in [-0.4, -0.2) is 65.5 Å². The third kappa shape index (κ3) is 5.07. The Balaban J connectivity index is 1.31. The second kappa shape index (κ2) is 10.7. The van der Waals surface area contributed by atoms with Gasteiger partial charge in [0.2, 0.25) is 11.9 Å². The number of pyridine rings is 1. The summed E-state index contributed by atoms with van der Waals surface area (Å²) in [5.74, 6) is 1.78. The zero-order valence-electron chi connectivity index (χ0n) is 22.1. The fraction of sp³-hybridized carbons (Fsp3) is 0.310. The van der Waals surface area contributed by atoms with Crippen molar-refractivity contribution in [2.24, 2.45) is 0 Å². The molecule has 0 radical (unpaired) electrons. The highest BCUT2D eigenvalue weighted by atomic mass is 35.5. The van der Waals surface area contributed by atoms with Gasteiger partial charge >= 0.3 is 0 Å². The van der Waals surface area contributed by atoms with Crippen LogP contribution >= 0.6 is 11.6 Å². The minimum atomic E-state index is 0.0855. The van der Waals surface area contributed by atoms with E-state index in [0.717, 1.165) is 66.0 Å². The number of aromatic nitrogens is 3. The van der Waals surface area contributed by atoms with Crippen molar-refractivity contribution in [3.8, 4) is 0 Å². The van der Waals surface area contributed by atoms with Gasteiger partial charge in [-0.3, -0.25) is 9.69 Å². The fourth-order valence-electron chi connectivity index (χ4n) is 5.24. The van der Waals surface area contributed by atoms with Crippen LogP contribution in [0.5, 0.6) is 0 Å². The van der Waals surface area contributed by atoms with Gasteiger partial charge in [-0.2, -0.15) is 4.98 Å². The third-order valence-electron chi connectivity index (χ3n) is 7.38. The number of benzene rings is 2. The zero-order valence-corrected chi connectivity index (χ0v) is 22.9. The summed E-state index contributed by atoms with van der Waals surface area (Å²) in [6.07, 6.45) is 4.85. The summed E-state index contributed by atoms with van der Waals surface area (Å²) in [5, 5.41) is 9.63. The minimum absolute atomic E-state index is 0.0855. The molecular weight excluding hydrogens is 512 g/mol. The zero-order chi connectivity index (χ0) is 26.9. The van der Waals surface area contributed by atoms with Crippen LogP contribution < -0.4 is 20.4 Å². The molecular formula is C29H31ClN8O. The number of likely N-dealkylation sites (N-methyl/N-ethyl adjacent to an activating group) is 1. The number of hydrogen-bond donors (Lipinski definition) is 2. The molecule has 1 amide bonds. The van der Waals surface area contributed by atoms with Crippen LogP contribution in [0.1, 0.15) is 18.4 Å². The van der Waals surface area contributed by atoms with Gasteiger partial charge in [-0.25, -0.2) is 9.97 Å². The van der Waals surface area contributed by atoms with Gasteiger partial charge in [0.1, 0.15) is 5.82 Å².